The molecule has 2 aromatic rings. The highest BCUT2D eigenvalue weighted by Crippen LogP contribution is 2.13. The molecular formula is C11H16N4. The summed E-state index contributed by atoms with van der Waals surface area (Å²) in [7, 11) is 0. The Kier molecular flexibility index (Phi) is 2.68. The zero-order valence-electron chi connectivity index (χ0n) is 9.14. The van der Waals surface area contributed by atoms with E-state index in [1.807, 2.05) is 22.8 Å². The standard InChI is InChI=1S/C11H16N4/c1-8(2)10-3-4-11-13-7-9(5-6-12)15(11)14-10/h3-4,7-8H,5-6,12H2,1-2H3. The van der Waals surface area contributed by atoms with E-state index in [0.717, 1.165) is 23.5 Å². The molecule has 0 amide bonds. The number of hydrogen-bond donors (Lipinski definition) is 1. The molecule has 2 aromatic heterocycles. The molecule has 2 N–H and O–H groups in total. The van der Waals surface area contributed by atoms with Crippen LogP contribution in [0.5, 0.6) is 0 Å². The summed E-state index contributed by atoms with van der Waals surface area (Å²) in [4.78, 5) is 4.28. The van der Waals surface area contributed by atoms with Gasteiger partial charge >= 0.3 is 0 Å². The normalized spacial score (nSPS) is 11.5. The number of nitrogens with zero attached hydrogens (tertiary/aromatic N) is 3. The highest BCUT2D eigenvalue weighted by atomic mass is 15.3. The van der Waals surface area contributed by atoms with E-state index in [9.17, 15) is 0 Å². The summed E-state index contributed by atoms with van der Waals surface area (Å²) < 4.78 is 1.89. The van der Waals surface area contributed by atoms with Gasteiger partial charge in [-0.15, -0.1) is 0 Å². The number of fused-ring (bicyclic) bond motifs is 1. The SMILES string of the molecule is CC(C)c1ccc2ncc(CCN)n2n1. The van der Waals surface area contributed by atoms with E-state index in [0.29, 0.717) is 12.5 Å². The number of aromatic nitrogens is 3. The average molecular weight is 204 g/mol. The molecule has 0 unspecified atom stereocenters. The maximum absolute atomic E-state index is 5.54. The van der Waals surface area contributed by atoms with Crippen LogP contribution < -0.4 is 5.73 Å². The first kappa shape index (κ1) is 10.1. The summed E-state index contributed by atoms with van der Waals surface area (Å²) in [6.45, 7) is 4.89. The quantitative estimate of drug-likeness (QED) is 0.821. The lowest BCUT2D eigenvalue weighted by Gasteiger charge is -2.05. The summed E-state index contributed by atoms with van der Waals surface area (Å²) >= 11 is 0. The maximum atomic E-state index is 5.54. The molecule has 15 heavy (non-hydrogen) atoms. The van der Waals surface area contributed by atoms with Crippen LogP contribution in [0.3, 0.4) is 0 Å². The molecule has 0 saturated carbocycles. The third kappa shape index (κ3) is 1.85. The summed E-state index contributed by atoms with van der Waals surface area (Å²) in [5, 5.41) is 4.55. The second-order valence-corrected chi connectivity index (χ2v) is 3.97. The molecule has 0 bridgehead atoms. The summed E-state index contributed by atoms with van der Waals surface area (Å²) in [5.41, 5.74) is 8.59. The fraction of sp³-hybridized carbons (Fsp3) is 0.455. The van der Waals surface area contributed by atoms with Crippen LogP contribution in [0.25, 0.3) is 5.65 Å². The number of imidazole rings is 1. The molecule has 0 aliphatic carbocycles. The van der Waals surface area contributed by atoms with E-state index in [-0.39, 0.29) is 0 Å². The lowest BCUT2D eigenvalue weighted by Crippen LogP contribution is -2.08. The zero-order valence-corrected chi connectivity index (χ0v) is 9.14. The minimum Gasteiger partial charge on any atom is -0.330 e. The molecule has 80 valence electrons. The molecule has 2 heterocycles. The van der Waals surface area contributed by atoms with Crippen LogP contribution in [0.2, 0.25) is 0 Å². The smallest absolute Gasteiger partial charge is 0.153 e. The fourth-order valence-corrected chi connectivity index (χ4v) is 1.56. The number of hydrogen-bond acceptors (Lipinski definition) is 3. The Labute approximate surface area is 89.1 Å². The lowest BCUT2D eigenvalue weighted by atomic mass is 10.1. The van der Waals surface area contributed by atoms with Crippen LogP contribution in [-0.2, 0) is 6.42 Å². The van der Waals surface area contributed by atoms with Crippen LogP contribution in [0, 0.1) is 0 Å². The Bertz CT molecular complexity index is 459. The van der Waals surface area contributed by atoms with Crippen molar-refractivity contribution in [3.63, 3.8) is 0 Å². The summed E-state index contributed by atoms with van der Waals surface area (Å²) in [6.07, 6.45) is 2.66. The van der Waals surface area contributed by atoms with Crippen molar-refractivity contribution in [1.29, 1.82) is 0 Å². The molecule has 0 aromatic carbocycles. The van der Waals surface area contributed by atoms with E-state index in [1.54, 1.807) is 0 Å². The van der Waals surface area contributed by atoms with Crippen molar-refractivity contribution in [3.05, 3.63) is 29.7 Å². The molecule has 0 saturated heterocycles. The summed E-state index contributed by atoms with van der Waals surface area (Å²) in [5.74, 6) is 0.433. The van der Waals surface area contributed by atoms with E-state index in [1.165, 1.54) is 0 Å². The van der Waals surface area contributed by atoms with Gasteiger partial charge in [0.05, 0.1) is 17.6 Å². The molecule has 0 radical (unpaired) electrons. The van der Waals surface area contributed by atoms with E-state index < -0.39 is 0 Å². The van der Waals surface area contributed by atoms with Crippen molar-refractivity contribution < 1.29 is 0 Å². The lowest BCUT2D eigenvalue weighted by molar-refractivity contribution is 0.739. The minimum atomic E-state index is 0.433. The predicted molar refractivity (Wildman–Crippen MR) is 59.8 cm³/mol. The van der Waals surface area contributed by atoms with Gasteiger partial charge < -0.3 is 5.73 Å². The number of nitrogens with two attached hydrogens (primary N) is 1. The van der Waals surface area contributed by atoms with Gasteiger partial charge in [0.15, 0.2) is 5.65 Å². The molecule has 4 heteroatoms. The molecular weight excluding hydrogens is 188 g/mol. The molecule has 0 aliphatic heterocycles. The van der Waals surface area contributed by atoms with Crippen molar-refractivity contribution in [1.82, 2.24) is 14.6 Å². The first-order valence-electron chi connectivity index (χ1n) is 5.26. The largest absolute Gasteiger partial charge is 0.330 e. The third-order valence-electron chi connectivity index (χ3n) is 2.45. The van der Waals surface area contributed by atoms with Crippen molar-refractivity contribution in [3.8, 4) is 0 Å². The average Bonchev–Trinajstić information content (AvgIpc) is 2.61. The highest BCUT2D eigenvalue weighted by molar-refractivity contribution is 5.39. The molecule has 0 aliphatic rings. The van der Waals surface area contributed by atoms with Crippen LogP contribution >= 0.6 is 0 Å². The highest BCUT2D eigenvalue weighted by Gasteiger charge is 2.06. The molecule has 4 nitrogen and oxygen atoms in total. The number of rotatable bonds is 3. The molecule has 0 spiro atoms. The van der Waals surface area contributed by atoms with Gasteiger partial charge in [0.1, 0.15) is 0 Å². The van der Waals surface area contributed by atoms with Gasteiger partial charge in [-0.05, 0) is 24.6 Å². The maximum Gasteiger partial charge on any atom is 0.153 e. The van der Waals surface area contributed by atoms with Gasteiger partial charge in [-0.1, -0.05) is 13.8 Å². The van der Waals surface area contributed by atoms with Gasteiger partial charge in [-0.3, -0.25) is 0 Å². The van der Waals surface area contributed by atoms with Gasteiger partial charge in [0, 0.05) is 6.42 Å². The van der Waals surface area contributed by atoms with Gasteiger partial charge in [-0.2, -0.15) is 5.10 Å². The summed E-state index contributed by atoms with van der Waals surface area (Å²) in [6, 6.07) is 4.03. The van der Waals surface area contributed by atoms with Crippen LogP contribution in [0.15, 0.2) is 18.3 Å². The Morgan fingerprint density at radius 3 is 2.87 bits per heavy atom. The van der Waals surface area contributed by atoms with Gasteiger partial charge in [-0.25, -0.2) is 9.50 Å². The predicted octanol–water partition coefficient (Wildman–Crippen LogP) is 1.35. The van der Waals surface area contributed by atoms with Gasteiger partial charge in [0.2, 0.25) is 0 Å². The Morgan fingerprint density at radius 2 is 2.20 bits per heavy atom. The first-order valence-corrected chi connectivity index (χ1v) is 5.26. The molecule has 0 atom stereocenters. The van der Waals surface area contributed by atoms with Crippen molar-refractivity contribution in [2.45, 2.75) is 26.2 Å². The Morgan fingerprint density at radius 1 is 1.40 bits per heavy atom. The van der Waals surface area contributed by atoms with Crippen LogP contribution in [0.4, 0.5) is 0 Å². The van der Waals surface area contributed by atoms with E-state index in [4.69, 9.17) is 5.73 Å². The van der Waals surface area contributed by atoms with Crippen molar-refractivity contribution in [2.24, 2.45) is 5.73 Å². The second-order valence-electron chi connectivity index (χ2n) is 3.97. The Hall–Kier alpha value is -1.42. The second kappa shape index (κ2) is 3.98. The zero-order chi connectivity index (χ0) is 10.8. The van der Waals surface area contributed by atoms with Crippen molar-refractivity contribution in [2.75, 3.05) is 6.54 Å². The minimum absolute atomic E-state index is 0.433. The van der Waals surface area contributed by atoms with Crippen LogP contribution in [0.1, 0.15) is 31.2 Å². The Balaban J connectivity index is 2.51. The van der Waals surface area contributed by atoms with Gasteiger partial charge in [0.25, 0.3) is 0 Å². The topological polar surface area (TPSA) is 56.2 Å². The van der Waals surface area contributed by atoms with E-state index >= 15 is 0 Å². The molecule has 2 rings (SSSR count). The molecule has 0 fully saturated rings. The first-order chi connectivity index (χ1) is 7.22. The fourth-order valence-electron chi connectivity index (χ4n) is 1.56. The van der Waals surface area contributed by atoms with Crippen LogP contribution in [-0.4, -0.2) is 21.1 Å². The third-order valence-corrected chi connectivity index (χ3v) is 2.45. The van der Waals surface area contributed by atoms with E-state index in [2.05, 4.69) is 23.9 Å². The monoisotopic (exact) mass is 204 g/mol. The van der Waals surface area contributed by atoms with Crippen molar-refractivity contribution >= 4 is 5.65 Å².